The number of hydrogen-bond acceptors (Lipinski definition) is 3. The van der Waals surface area contributed by atoms with E-state index in [1.54, 1.807) is 0 Å². The Balaban J connectivity index is 1.89. The number of nitrogens with one attached hydrogen (secondary N) is 1. The van der Waals surface area contributed by atoms with Crippen LogP contribution in [0, 0.1) is 0 Å². The number of benzene rings is 2. The van der Waals surface area contributed by atoms with Gasteiger partial charge in [0.2, 0.25) is 5.28 Å². The lowest BCUT2D eigenvalue weighted by atomic mass is 10.0. The minimum atomic E-state index is 0.176. The zero-order chi connectivity index (χ0) is 13.9. The molecule has 0 unspecified atom stereocenters. The average Bonchev–Trinajstić information content (AvgIpc) is 2.48. The van der Waals surface area contributed by atoms with Gasteiger partial charge in [-0.2, -0.15) is 4.98 Å². The van der Waals surface area contributed by atoms with Crippen molar-refractivity contribution in [2.45, 2.75) is 6.54 Å². The van der Waals surface area contributed by atoms with Gasteiger partial charge in [0.1, 0.15) is 10.8 Å². The number of nitrogens with zero attached hydrogens (tertiary/aromatic N) is 2. The first-order valence-electron chi connectivity index (χ1n) is 6.12. The quantitative estimate of drug-likeness (QED) is 0.721. The monoisotopic (exact) mass is 303 g/mol. The minimum Gasteiger partial charge on any atom is -0.365 e. The van der Waals surface area contributed by atoms with Crippen LogP contribution in [0.15, 0.2) is 48.7 Å². The van der Waals surface area contributed by atoms with Crippen LogP contribution >= 0.6 is 23.2 Å². The zero-order valence-corrected chi connectivity index (χ0v) is 12.0. The second kappa shape index (κ2) is 5.65. The lowest BCUT2D eigenvalue weighted by Gasteiger charge is -2.09. The van der Waals surface area contributed by atoms with E-state index in [4.69, 9.17) is 23.2 Å². The van der Waals surface area contributed by atoms with Crippen LogP contribution in [-0.2, 0) is 6.54 Å². The van der Waals surface area contributed by atoms with Crippen LogP contribution < -0.4 is 5.32 Å². The number of aromatic nitrogens is 2. The molecular weight excluding hydrogens is 293 g/mol. The van der Waals surface area contributed by atoms with Crippen molar-refractivity contribution in [3.05, 3.63) is 64.5 Å². The molecule has 0 aliphatic rings. The SMILES string of the molecule is Clc1ncc(Cl)c(NCc2cccc3ccccc23)n1. The topological polar surface area (TPSA) is 37.8 Å². The summed E-state index contributed by atoms with van der Waals surface area (Å²) in [4.78, 5) is 7.91. The summed E-state index contributed by atoms with van der Waals surface area (Å²) in [5, 5.41) is 6.24. The largest absolute Gasteiger partial charge is 0.365 e. The van der Waals surface area contributed by atoms with Gasteiger partial charge in [0.15, 0.2) is 0 Å². The minimum absolute atomic E-state index is 0.176. The first-order chi connectivity index (χ1) is 9.74. The molecule has 1 N–H and O–H groups in total. The second-order valence-corrected chi connectivity index (χ2v) is 5.07. The Kier molecular flexibility index (Phi) is 3.72. The van der Waals surface area contributed by atoms with E-state index in [0.29, 0.717) is 17.4 Å². The molecular formula is C15H11Cl2N3. The Morgan fingerprint density at radius 3 is 2.70 bits per heavy atom. The third-order valence-electron chi connectivity index (χ3n) is 3.04. The third-order valence-corrected chi connectivity index (χ3v) is 3.50. The van der Waals surface area contributed by atoms with E-state index >= 15 is 0 Å². The summed E-state index contributed by atoms with van der Waals surface area (Å²) in [6.45, 7) is 0.619. The summed E-state index contributed by atoms with van der Waals surface area (Å²) in [7, 11) is 0. The van der Waals surface area contributed by atoms with Crippen molar-refractivity contribution in [2.24, 2.45) is 0 Å². The fourth-order valence-electron chi connectivity index (χ4n) is 2.10. The molecule has 1 heterocycles. The van der Waals surface area contributed by atoms with Crippen molar-refractivity contribution >= 4 is 39.8 Å². The van der Waals surface area contributed by atoms with Gasteiger partial charge in [-0.05, 0) is 27.9 Å². The summed E-state index contributed by atoms with van der Waals surface area (Å²) < 4.78 is 0. The number of fused-ring (bicyclic) bond motifs is 1. The van der Waals surface area contributed by atoms with E-state index in [9.17, 15) is 0 Å². The normalized spacial score (nSPS) is 10.7. The predicted molar refractivity (Wildman–Crippen MR) is 83.3 cm³/mol. The van der Waals surface area contributed by atoms with Crippen molar-refractivity contribution in [3.63, 3.8) is 0 Å². The van der Waals surface area contributed by atoms with E-state index in [1.807, 2.05) is 18.2 Å². The zero-order valence-electron chi connectivity index (χ0n) is 10.5. The van der Waals surface area contributed by atoms with E-state index in [-0.39, 0.29) is 5.28 Å². The van der Waals surface area contributed by atoms with Crippen molar-refractivity contribution < 1.29 is 0 Å². The van der Waals surface area contributed by atoms with Gasteiger partial charge in [-0.3, -0.25) is 0 Å². The number of rotatable bonds is 3. The molecule has 3 aromatic rings. The number of anilines is 1. The van der Waals surface area contributed by atoms with Gasteiger partial charge >= 0.3 is 0 Å². The van der Waals surface area contributed by atoms with E-state index < -0.39 is 0 Å². The molecule has 0 saturated heterocycles. The highest BCUT2D eigenvalue weighted by Crippen LogP contribution is 2.22. The van der Waals surface area contributed by atoms with Gasteiger partial charge in [-0.15, -0.1) is 0 Å². The van der Waals surface area contributed by atoms with Crippen LogP contribution in [0.5, 0.6) is 0 Å². The maximum Gasteiger partial charge on any atom is 0.224 e. The summed E-state index contributed by atoms with van der Waals surface area (Å²) in [6.07, 6.45) is 1.49. The summed E-state index contributed by atoms with van der Waals surface area (Å²) in [6, 6.07) is 14.4. The lowest BCUT2D eigenvalue weighted by Crippen LogP contribution is -2.03. The fourth-order valence-corrected chi connectivity index (χ4v) is 2.39. The summed E-state index contributed by atoms with van der Waals surface area (Å²) in [5.74, 6) is 0.541. The van der Waals surface area contributed by atoms with Crippen LogP contribution in [-0.4, -0.2) is 9.97 Å². The molecule has 2 aromatic carbocycles. The molecule has 3 nitrogen and oxygen atoms in total. The smallest absolute Gasteiger partial charge is 0.224 e. The van der Waals surface area contributed by atoms with Crippen LogP contribution in [0.4, 0.5) is 5.82 Å². The Labute approximate surface area is 126 Å². The Bertz CT molecular complexity index is 754. The number of halogens is 2. The lowest BCUT2D eigenvalue weighted by molar-refractivity contribution is 1.09. The second-order valence-electron chi connectivity index (χ2n) is 4.33. The standard InChI is InChI=1S/C15H11Cl2N3/c16-13-9-19-15(17)20-14(13)18-8-11-6-3-5-10-4-1-2-7-12(10)11/h1-7,9H,8H2,(H,18,19,20). The molecule has 20 heavy (non-hydrogen) atoms. The molecule has 5 heteroatoms. The highest BCUT2D eigenvalue weighted by molar-refractivity contribution is 6.33. The predicted octanol–water partition coefficient (Wildman–Crippen LogP) is 4.55. The van der Waals surface area contributed by atoms with Crippen molar-refractivity contribution in [2.75, 3.05) is 5.32 Å². The summed E-state index contributed by atoms with van der Waals surface area (Å²) in [5.41, 5.74) is 1.17. The average molecular weight is 304 g/mol. The van der Waals surface area contributed by atoms with Gasteiger partial charge in [0, 0.05) is 6.54 Å². The molecule has 1 aromatic heterocycles. The van der Waals surface area contributed by atoms with Crippen molar-refractivity contribution in [1.29, 1.82) is 0 Å². The highest BCUT2D eigenvalue weighted by Gasteiger charge is 2.05. The fraction of sp³-hybridized carbons (Fsp3) is 0.0667. The maximum atomic E-state index is 6.03. The van der Waals surface area contributed by atoms with E-state index in [0.717, 1.165) is 0 Å². The van der Waals surface area contributed by atoms with Crippen molar-refractivity contribution in [3.8, 4) is 0 Å². The molecule has 0 bridgehead atoms. The van der Waals surface area contributed by atoms with Gasteiger partial charge in [-0.1, -0.05) is 54.1 Å². The first-order valence-corrected chi connectivity index (χ1v) is 6.88. The van der Waals surface area contributed by atoms with Gasteiger partial charge in [0.25, 0.3) is 0 Å². The first kappa shape index (κ1) is 13.2. The van der Waals surface area contributed by atoms with Gasteiger partial charge in [-0.25, -0.2) is 4.98 Å². The molecule has 0 aliphatic carbocycles. The van der Waals surface area contributed by atoms with E-state index in [2.05, 4.69) is 39.6 Å². The van der Waals surface area contributed by atoms with Crippen LogP contribution in [0.3, 0.4) is 0 Å². The van der Waals surface area contributed by atoms with Crippen LogP contribution in [0.2, 0.25) is 10.3 Å². The molecule has 0 spiro atoms. The summed E-state index contributed by atoms with van der Waals surface area (Å²) >= 11 is 11.8. The maximum absolute atomic E-state index is 6.03. The Hall–Kier alpha value is -1.84. The van der Waals surface area contributed by atoms with E-state index in [1.165, 1.54) is 22.5 Å². The Morgan fingerprint density at radius 1 is 1.00 bits per heavy atom. The molecule has 0 radical (unpaired) electrons. The van der Waals surface area contributed by atoms with Crippen LogP contribution in [0.1, 0.15) is 5.56 Å². The third kappa shape index (κ3) is 2.69. The number of hydrogen-bond donors (Lipinski definition) is 1. The molecule has 0 aliphatic heterocycles. The van der Waals surface area contributed by atoms with Gasteiger partial charge in [0.05, 0.1) is 6.20 Å². The molecule has 0 atom stereocenters. The highest BCUT2D eigenvalue weighted by atomic mass is 35.5. The molecule has 100 valence electrons. The molecule has 0 fully saturated rings. The van der Waals surface area contributed by atoms with Gasteiger partial charge < -0.3 is 5.32 Å². The molecule has 3 rings (SSSR count). The van der Waals surface area contributed by atoms with Crippen molar-refractivity contribution in [1.82, 2.24) is 9.97 Å². The Morgan fingerprint density at radius 2 is 1.80 bits per heavy atom. The molecule has 0 amide bonds. The molecule has 0 saturated carbocycles. The van der Waals surface area contributed by atoms with Crippen LogP contribution in [0.25, 0.3) is 10.8 Å².